The van der Waals surface area contributed by atoms with Gasteiger partial charge in [0.1, 0.15) is 0 Å². The van der Waals surface area contributed by atoms with Crippen LogP contribution in [0.4, 0.5) is 0 Å². The Labute approximate surface area is 80.8 Å². The molecule has 1 aliphatic heterocycles. The molecule has 0 spiro atoms. The Kier molecular flexibility index (Phi) is 7.56. The molecule has 0 aromatic heterocycles. The highest BCUT2D eigenvalue weighted by atomic mass is 35.5. The van der Waals surface area contributed by atoms with Gasteiger partial charge in [0.15, 0.2) is 0 Å². The predicted octanol–water partition coefficient (Wildman–Crippen LogP) is 1.75. The van der Waals surface area contributed by atoms with Gasteiger partial charge in [0, 0.05) is 0 Å². The van der Waals surface area contributed by atoms with E-state index >= 15 is 0 Å². The molecule has 1 aliphatic rings. The Balaban J connectivity index is 0.00000121. The van der Waals surface area contributed by atoms with Crippen LogP contribution in [0.2, 0.25) is 0 Å². The normalized spacial score (nSPS) is 19.4. The summed E-state index contributed by atoms with van der Waals surface area (Å²) >= 11 is 0. The highest BCUT2D eigenvalue weighted by molar-refractivity contribution is 5.85. The summed E-state index contributed by atoms with van der Waals surface area (Å²) < 4.78 is 5.60. The number of piperidine rings is 1. The number of hydrogen-bond acceptors (Lipinski definition) is 2. The number of allylic oxidation sites excluding steroid dienone is 1. The Morgan fingerprint density at radius 1 is 1.42 bits per heavy atom. The van der Waals surface area contributed by atoms with E-state index in [9.17, 15) is 0 Å². The average Bonchev–Trinajstić information content (AvgIpc) is 2.07. The summed E-state index contributed by atoms with van der Waals surface area (Å²) in [6, 6.07) is 0. The van der Waals surface area contributed by atoms with E-state index in [4.69, 9.17) is 4.74 Å². The van der Waals surface area contributed by atoms with Crippen LogP contribution >= 0.6 is 12.4 Å². The summed E-state index contributed by atoms with van der Waals surface area (Å²) in [6.07, 6.45) is 6.91. The van der Waals surface area contributed by atoms with Gasteiger partial charge >= 0.3 is 0 Å². The number of ether oxygens (including phenoxy) is 1. The van der Waals surface area contributed by atoms with Crippen molar-refractivity contribution in [2.45, 2.75) is 25.9 Å². The van der Waals surface area contributed by atoms with E-state index in [1.165, 1.54) is 0 Å². The van der Waals surface area contributed by atoms with Gasteiger partial charge in [0.2, 0.25) is 0 Å². The van der Waals surface area contributed by atoms with Crippen molar-refractivity contribution >= 4 is 12.4 Å². The molecule has 1 heterocycles. The van der Waals surface area contributed by atoms with Gasteiger partial charge in [-0.25, -0.2) is 0 Å². The second kappa shape index (κ2) is 7.59. The molecule has 1 N–H and O–H groups in total. The molecule has 1 rings (SSSR count). The second-order valence-corrected chi connectivity index (χ2v) is 2.85. The van der Waals surface area contributed by atoms with E-state index in [0.717, 1.165) is 32.5 Å². The minimum absolute atomic E-state index is 0. The van der Waals surface area contributed by atoms with Crippen molar-refractivity contribution in [3.05, 3.63) is 12.2 Å². The van der Waals surface area contributed by atoms with Crippen molar-refractivity contribution in [2.24, 2.45) is 0 Å². The highest BCUT2D eigenvalue weighted by Crippen LogP contribution is 2.06. The quantitative estimate of drug-likeness (QED) is 0.687. The minimum Gasteiger partial charge on any atom is -0.374 e. The molecular weight excluding hydrogens is 174 g/mol. The topological polar surface area (TPSA) is 21.3 Å². The molecular formula is C9H18ClNO. The van der Waals surface area contributed by atoms with E-state index < -0.39 is 0 Å². The van der Waals surface area contributed by atoms with Crippen LogP contribution in [-0.4, -0.2) is 25.8 Å². The van der Waals surface area contributed by atoms with Crippen LogP contribution in [0.25, 0.3) is 0 Å². The van der Waals surface area contributed by atoms with Crippen LogP contribution in [0.15, 0.2) is 12.2 Å². The zero-order valence-electron chi connectivity index (χ0n) is 7.58. The molecule has 3 heteroatoms. The third-order valence-electron chi connectivity index (χ3n) is 1.95. The van der Waals surface area contributed by atoms with E-state index in [2.05, 4.69) is 11.4 Å². The van der Waals surface area contributed by atoms with Crippen LogP contribution in [0.3, 0.4) is 0 Å². The van der Waals surface area contributed by atoms with Crippen molar-refractivity contribution in [2.75, 3.05) is 19.7 Å². The second-order valence-electron chi connectivity index (χ2n) is 2.85. The standard InChI is InChI=1S/C9H17NO.ClH/c1-2-3-8-11-9-4-6-10-7-5-9;/h2-3,9-10H,4-8H2,1H3;1H. The van der Waals surface area contributed by atoms with Crippen LogP contribution in [-0.2, 0) is 4.74 Å². The van der Waals surface area contributed by atoms with Crippen molar-refractivity contribution in [3.8, 4) is 0 Å². The van der Waals surface area contributed by atoms with E-state index in [0.29, 0.717) is 6.10 Å². The third-order valence-corrected chi connectivity index (χ3v) is 1.95. The van der Waals surface area contributed by atoms with Crippen molar-refractivity contribution < 1.29 is 4.74 Å². The summed E-state index contributed by atoms with van der Waals surface area (Å²) in [5.74, 6) is 0. The molecule has 0 unspecified atom stereocenters. The maximum Gasteiger partial charge on any atom is 0.0651 e. The Bertz CT molecular complexity index is 122. The number of rotatable bonds is 3. The lowest BCUT2D eigenvalue weighted by Crippen LogP contribution is -2.32. The first-order chi connectivity index (χ1) is 5.43. The van der Waals surface area contributed by atoms with Gasteiger partial charge in [0.05, 0.1) is 12.7 Å². The van der Waals surface area contributed by atoms with Gasteiger partial charge in [-0.3, -0.25) is 0 Å². The monoisotopic (exact) mass is 191 g/mol. The van der Waals surface area contributed by atoms with Crippen LogP contribution in [0, 0.1) is 0 Å². The zero-order chi connectivity index (χ0) is 7.94. The molecule has 0 atom stereocenters. The fourth-order valence-corrected chi connectivity index (χ4v) is 1.25. The Morgan fingerprint density at radius 2 is 2.08 bits per heavy atom. The van der Waals surface area contributed by atoms with Crippen molar-refractivity contribution in [1.29, 1.82) is 0 Å². The molecule has 12 heavy (non-hydrogen) atoms. The van der Waals surface area contributed by atoms with Gasteiger partial charge in [-0.05, 0) is 32.9 Å². The number of halogens is 1. The average molecular weight is 192 g/mol. The van der Waals surface area contributed by atoms with Gasteiger partial charge in [-0.1, -0.05) is 12.2 Å². The first kappa shape index (κ1) is 11.9. The molecule has 0 aromatic rings. The molecule has 0 bridgehead atoms. The highest BCUT2D eigenvalue weighted by Gasteiger charge is 2.11. The number of hydrogen-bond donors (Lipinski definition) is 1. The molecule has 0 amide bonds. The molecule has 2 nitrogen and oxygen atoms in total. The Morgan fingerprint density at radius 3 is 2.67 bits per heavy atom. The largest absolute Gasteiger partial charge is 0.374 e. The number of nitrogens with one attached hydrogen (secondary N) is 1. The van der Waals surface area contributed by atoms with Crippen molar-refractivity contribution in [1.82, 2.24) is 5.32 Å². The lowest BCUT2D eigenvalue weighted by Gasteiger charge is -2.22. The summed E-state index contributed by atoms with van der Waals surface area (Å²) in [5.41, 5.74) is 0. The van der Waals surface area contributed by atoms with Crippen molar-refractivity contribution in [3.63, 3.8) is 0 Å². The van der Waals surface area contributed by atoms with Gasteiger partial charge < -0.3 is 10.1 Å². The van der Waals surface area contributed by atoms with E-state index in [1.807, 2.05) is 13.0 Å². The smallest absolute Gasteiger partial charge is 0.0651 e. The molecule has 0 aliphatic carbocycles. The fourth-order valence-electron chi connectivity index (χ4n) is 1.25. The van der Waals surface area contributed by atoms with E-state index in [1.54, 1.807) is 0 Å². The fraction of sp³-hybridized carbons (Fsp3) is 0.778. The maximum absolute atomic E-state index is 5.60. The van der Waals surface area contributed by atoms with Gasteiger partial charge in [-0.2, -0.15) is 0 Å². The predicted molar refractivity (Wildman–Crippen MR) is 53.9 cm³/mol. The lowest BCUT2D eigenvalue weighted by atomic mass is 10.1. The van der Waals surface area contributed by atoms with Crippen LogP contribution in [0.1, 0.15) is 19.8 Å². The molecule has 0 aromatic carbocycles. The lowest BCUT2D eigenvalue weighted by molar-refractivity contribution is 0.0515. The third kappa shape index (κ3) is 4.75. The first-order valence-electron chi connectivity index (χ1n) is 4.37. The van der Waals surface area contributed by atoms with Crippen LogP contribution in [0.5, 0.6) is 0 Å². The molecule has 72 valence electrons. The molecule has 1 fully saturated rings. The van der Waals surface area contributed by atoms with Gasteiger partial charge in [0.25, 0.3) is 0 Å². The SMILES string of the molecule is CC=CCOC1CCNCC1.Cl. The summed E-state index contributed by atoms with van der Waals surface area (Å²) in [6.45, 7) is 5.02. The van der Waals surface area contributed by atoms with E-state index in [-0.39, 0.29) is 12.4 Å². The first-order valence-corrected chi connectivity index (χ1v) is 4.37. The molecule has 0 saturated carbocycles. The maximum atomic E-state index is 5.60. The van der Waals surface area contributed by atoms with Gasteiger partial charge in [-0.15, -0.1) is 12.4 Å². The zero-order valence-corrected chi connectivity index (χ0v) is 8.40. The van der Waals surface area contributed by atoms with Crippen LogP contribution < -0.4 is 5.32 Å². The molecule has 0 radical (unpaired) electrons. The summed E-state index contributed by atoms with van der Waals surface area (Å²) in [7, 11) is 0. The molecule has 1 saturated heterocycles. The summed E-state index contributed by atoms with van der Waals surface area (Å²) in [5, 5.41) is 3.31. The minimum atomic E-state index is 0. The Hall–Kier alpha value is -0.0500. The summed E-state index contributed by atoms with van der Waals surface area (Å²) in [4.78, 5) is 0.